The van der Waals surface area contributed by atoms with Crippen molar-refractivity contribution in [2.45, 2.75) is 194 Å². The van der Waals surface area contributed by atoms with E-state index in [1.807, 2.05) is 0 Å². The van der Waals surface area contributed by atoms with Gasteiger partial charge in [-0.3, -0.25) is 0 Å². The molecule has 0 saturated carbocycles. The molecule has 0 radical (unpaired) electrons. The fraction of sp³-hybridized carbons (Fsp3) is 0.846. The molecule has 0 unspecified atom stereocenters. The van der Waals surface area contributed by atoms with E-state index in [-0.39, 0.29) is 17.0 Å². The van der Waals surface area contributed by atoms with E-state index in [9.17, 15) is 0 Å². The Labute approximate surface area is 270 Å². The lowest BCUT2D eigenvalue weighted by Gasteiger charge is -2.39. The fourth-order valence-corrected chi connectivity index (χ4v) is 6.64. The van der Waals surface area contributed by atoms with E-state index in [1.54, 1.807) is 5.56 Å². The third kappa shape index (κ3) is 24.8. The van der Waals surface area contributed by atoms with Crippen molar-refractivity contribution in [3.63, 3.8) is 0 Å². The number of nitrogens with zero attached hydrogens (tertiary/aromatic N) is 1. The molecule has 41 heavy (non-hydrogen) atoms. The van der Waals surface area contributed by atoms with E-state index >= 15 is 0 Å². The molecule has 0 bridgehead atoms. The second-order valence-corrected chi connectivity index (χ2v) is 13.3. The van der Waals surface area contributed by atoms with Gasteiger partial charge in [-0.05, 0) is 38.5 Å². The Morgan fingerprint density at radius 2 is 0.634 bits per heavy atom. The number of rotatable bonds is 31. The molecule has 0 saturated heterocycles. The number of benzene rings is 1. The normalized spacial score (nSPS) is 11.6. The largest absolute Gasteiger partial charge is 1.00 e. The minimum Gasteiger partial charge on any atom is -1.00 e. The number of hydrogen-bond donors (Lipinski definition) is 0. The summed E-state index contributed by atoms with van der Waals surface area (Å²) in [5.74, 6) is 0. The van der Waals surface area contributed by atoms with Crippen molar-refractivity contribution in [2.75, 3.05) is 19.6 Å². The summed E-state index contributed by atoms with van der Waals surface area (Å²) in [6, 6.07) is 11.5. The minimum atomic E-state index is 0. The lowest BCUT2D eigenvalue weighted by molar-refractivity contribution is -0.941. The average Bonchev–Trinajstić information content (AvgIpc) is 2.97. The van der Waals surface area contributed by atoms with E-state index in [0.717, 1.165) is 0 Å². The molecule has 0 fully saturated rings. The summed E-state index contributed by atoms with van der Waals surface area (Å²) in [7, 11) is 0. The van der Waals surface area contributed by atoms with Gasteiger partial charge in [0.05, 0.1) is 19.6 Å². The van der Waals surface area contributed by atoms with Crippen molar-refractivity contribution in [1.82, 2.24) is 0 Å². The Hall–Kier alpha value is -0.340. The molecule has 0 spiro atoms. The molecule has 0 aromatic heterocycles. The van der Waals surface area contributed by atoms with E-state index in [1.165, 1.54) is 198 Å². The Kier molecular flexibility index (Phi) is 30.8. The molecule has 0 amide bonds. The van der Waals surface area contributed by atoms with Crippen molar-refractivity contribution < 1.29 is 21.5 Å². The zero-order chi connectivity index (χ0) is 28.8. The Morgan fingerprint density at radius 1 is 0.366 bits per heavy atom. The highest BCUT2D eigenvalue weighted by atomic mass is 79.9. The molecule has 0 aliphatic heterocycles. The van der Waals surface area contributed by atoms with Crippen LogP contribution in [0.15, 0.2) is 30.3 Å². The Balaban J connectivity index is 0.0000160. The van der Waals surface area contributed by atoms with Gasteiger partial charge in [0.15, 0.2) is 0 Å². The van der Waals surface area contributed by atoms with E-state index in [4.69, 9.17) is 0 Å². The van der Waals surface area contributed by atoms with E-state index < -0.39 is 0 Å². The van der Waals surface area contributed by atoms with Gasteiger partial charge in [-0.15, -0.1) is 0 Å². The molecule has 1 nitrogen and oxygen atoms in total. The summed E-state index contributed by atoms with van der Waals surface area (Å²) in [5, 5.41) is 0. The lowest BCUT2D eigenvalue weighted by atomic mass is 10.0. The zero-order valence-electron chi connectivity index (χ0n) is 28.4. The Morgan fingerprint density at radius 3 is 0.927 bits per heavy atom. The van der Waals surface area contributed by atoms with Gasteiger partial charge < -0.3 is 21.5 Å². The molecule has 0 heterocycles. The highest BCUT2D eigenvalue weighted by Gasteiger charge is 2.26. The maximum Gasteiger partial charge on any atom is 0.104 e. The smallest absolute Gasteiger partial charge is 0.104 e. The first-order valence-electron chi connectivity index (χ1n) is 18.7. The maximum absolute atomic E-state index is 2.40. The summed E-state index contributed by atoms with van der Waals surface area (Å²) >= 11 is 0. The number of unbranched alkanes of at least 4 members (excludes halogenated alkanes) is 23. The maximum atomic E-state index is 2.40. The summed E-state index contributed by atoms with van der Waals surface area (Å²) in [5.41, 5.74) is 1.56. The van der Waals surface area contributed by atoms with Gasteiger partial charge in [-0.25, -0.2) is 0 Å². The third-order valence-electron chi connectivity index (χ3n) is 9.32. The van der Waals surface area contributed by atoms with Crippen molar-refractivity contribution in [3.8, 4) is 0 Å². The molecule has 1 aromatic carbocycles. The van der Waals surface area contributed by atoms with Crippen molar-refractivity contribution >= 4 is 0 Å². The van der Waals surface area contributed by atoms with Crippen LogP contribution in [0.5, 0.6) is 0 Å². The van der Waals surface area contributed by atoms with Crippen LogP contribution in [0.2, 0.25) is 0 Å². The topological polar surface area (TPSA) is 0 Å². The highest BCUT2D eigenvalue weighted by Crippen LogP contribution is 2.23. The lowest BCUT2D eigenvalue weighted by Crippen LogP contribution is -3.00. The molecule has 1 aromatic rings. The predicted molar refractivity (Wildman–Crippen MR) is 182 cm³/mol. The van der Waals surface area contributed by atoms with Crippen LogP contribution in [0, 0.1) is 0 Å². The molecule has 0 N–H and O–H groups in total. The van der Waals surface area contributed by atoms with Crippen LogP contribution in [-0.4, -0.2) is 24.1 Å². The van der Waals surface area contributed by atoms with Crippen LogP contribution in [0.3, 0.4) is 0 Å². The number of hydrogen-bond acceptors (Lipinski definition) is 0. The fourth-order valence-electron chi connectivity index (χ4n) is 6.64. The van der Waals surface area contributed by atoms with Crippen LogP contribution in [-0.2, 0) is 6.54 Å². The van der Waals surface area contributed by atoms with Gasteiger partial charge in [-0.1, -0.05) is 180 Å². The molecule has 1 rings (SSSR count). The summed E-state index contributed by atoms with van der Waals surface area (Å²) in [4.78, 5) is 0. The first-order chi connectivity index (χ1) is 19.8. The molecule has 0 atom stereocenters. The molecule has 0 aliphatic carbocycles. The molecule has 242 valence electrons. The van der Waals surface area contributed by atoms with E-state index in [2.05, 4.69) is 51.1 Å². The zero-order valence-corrected chi connectivity index (χ0v) is 30.0. The van der Waals surface area contributed by atoms with Crippen LogP contribution >= 0.6 is 0 Å². The predicted octanol–water partition coefficient (Wildman–Crippen LogP) is 10.2. The second-order valence-electron chi connectivity index (χ2n) is 13.3. The van der Waals surface area contributed by atoms with Crippen LogP contribution in [0.1, 0.15) is 193 Å². The molecular weight excluding hydrogens is 562 g/mol. The van der Waals surface area contributed by atoms with Crippen LogP contribution in [0.4, 0.5) is 0 Å². The monoisotopic (exact) mass is 636 g/mol. The van der Waals surface area contributed by atoms with Crippen LogP contribution < -0.4 is 17.0 Å². The summed E-state index contributed by atoms with van der Waals surface area (Å²) < 4.78 is 1.35. The van der Waals surface area contributed by atoms with Gasteiger partial charge in [0.1, 0.15) is 6.54 Å². The molecule has 2 heteroatoms. The Bertz CT molecular complexity index is 595. The van der Waals surface area contributed by atoms with Gasteiger partial charge >= 0.3 is 0 Å². The minimum absolute atomic E-state index is 0. The number of halogens is 1. The highest BCUT2D eigenvalue weighted by molar-refractivity contribution is 5.13. The SMILES string of the molecule is CCCCCCCCCCCC[N+](CCCCCCCCCC)(CCCCCCCCCC)Cc1ccccc1.[Br-]. The van der Waals surface area contributed by atoms with E-state index in [0.29, 0.717) is 0 Å². The second kappa shape index (κ2) is 31.1. The van der Waals surface area contributed by atoms with Crippen molar-refractivity contribution in [3.05, 3.63) is 35.9 Å². The average molecular weight is 637 g/mol. The molecular formula is C39H74BrN. The van der Waals surface area contributed by atoms with Gasteiger partial charge in [0.2, 0.25) is 0 Å². The van der Waals surface area contributed by atoms with Gasteiger partial charge in [0, 0.05) is 5.56 Å². The quantitative estimate of drug-likeness (QED) is 0.0562. The first-order valence-corrected chi connectivity index (χ1v) is 18.7. The number of quaternary nitrogens is 1. The molecule has 0 aliphatic rings. The van der Waals surface area contributed by atoms with Crippen molar-refractivity contribution in [2.24, 2.45) is 0 Å². The standard InChI is InChI=1S/C39H74N.BrH/c1-4-7-10-13-16-19-20-23-26-32-37-40(38-39-33-28-27-29-34-39,35-30-24-21-17-14-11-8-5-2)36-31-25-22-18-15-12-9-6-3;/h27-29,33-34H,4-26,30-32,35-38H2,1-3H3;1H/q+1;/p-1. The van der Waals surface area contributed by atoms with Crippen molar-refractivity contribution in [1.29, 1.82) is 0 Å². The first kappa shape index (κ1) is 40.7. The van der Waals surface area contributed by atoms with Gasteiger partial charge in [-0.2, -0.15) is 0 Å². The summed E-state index contributed by atoms with van der Waals surface area (Å²) in [6.45, 7) is 12.4. The third-order valence-corrected chi connectivity index (χ3v) is 9.32. The van der Waals surface area contributed by atoms with Crippen LogP contribution in [0.25, 0.3) is 0 Å². The van der Waals surface area contributed by atoms with Gasteiger partial charge in [0.25, 0.3) is 0 Å². The summed E-state index contributed by atoms with van der Waals surface area (Å²) in [6.07, 6.45) is 37.3.